The van der Waals surface area contributed by atoms with Gasteiger partial charge >= 0.3 is 5.97 Å². The van der Waals surface area contributed by atoms with Crippen molar-refractivity contribution in [2.45, 2.75) is 45.1 Å². The Hall–Kier alpha value is -3.50. The molecule has 0 radical (unpaired) electrons. The summed E-state index contributed by atoms with van der Waals surface area (Å²) in [5.41, 5.74) is 5.66. The summed E-state index contributed by atoms with van der Waals surface area (Å²) in [4.78, 5) is 15.2. The van der Waals surface area contributed by atoms with Crippen LogP contribution in [-0.2, 0) is 11.2 Å². The number of nitrogens with one attached hydrogen (secondary N) is 1. The van der Waals surface area contributed by atoms with Crippen molar-refractivity contribution in [1.82, 2.24) is 15.5 Å². The molecule has 31 heavy (non-hydrogen) atoms. The van der Waals surface area contributed by atoms with E-state index in [4.69, 9.17) is 9.63 Å². The van der Waals surface area contributed by atoms with E-state index in [2.05, 4.69) is 27.6 Å². The number of carboxylic acid groups (broad SMARTS) is 1. The Bertz CT molecular complexity index is 1150. The zero-order valence-corrected chi connectivity index (χ0v) is 17.4. The van der Waals surface area contributed by atoms with E-state index in [-0.39, 0.29) is 12.5 Å². The van der Waals surface area contributed by atoms with Crippen LogP contribution in [0.15, 0.2) is 40.9 Å². The Morgan fingerprint density at radius 2 is 2.19 bits per heavy atom. The fourth-order valence-electron chi connectivity index (χ4n) is 4.08. The lowest BCUT2D eigenvalue weighted by Crippen LogP contribution is -2.20. The number of carbonyl (C=O) groups is 1. The first-order chi connectivity index (χ1) is 15.1. The van der Waals surface area contributed by atoms with E-state index in [0.29, 0.717) is 23.7 Å². The number of rotatable bonds is 8. The molecule has 7 heteroatoms. The molecule has 158 valence electrons. The molecule has 1 heterocycles. The van der Waals surface area contributed by atoms with Gasteiger partial charge in [-0.3, -0.25) is 4.79 Å². The predicted octanol–water partition coefficient (Wildman–Crippen LogP) is 4.42. The highest BCUT2D eigenvalue weighted by Crippen LogP contribution is 2.37. The van der Waals surface area contributed by atoms with Crippen LogP contribution in [0, 0.1) is 18.3 Å². The highest BCUT2D eigenvalue weighted by atomic mass is 16.5. The average molecular weight is 416 g/mol. The van der Waals surface area contributed by atoms with Crippen LogP contribution in [0.1, 0.15) is 54.0 Å². The number of aromatic nitrogens is 2. The van der Waals surface area contributed by atoms with Crippen molar-refractivity contribution in [3.05, 3.63) is 58.7 Å². The molecule has 0 spiro atoms. The first-order valence-corrected chi connectivity index (χ1v) is 10.5. The summed E-state index contributed by atoms with van der Waals surface area (Å²) in [5.74, 6) is 0.202. The van der Waals surface area contributed by atoms with Crippen molar-refractivity contribution < 1.29 is 14.4 Å². The summed E-state index contributed by atoms with van der Waals surface area (Å²) in [6.07, 6.45) is 3.64. The number of nitrogens with zero attached hydrogens (tertiary/aromatic N) is 3. The van der Waals surface area contributed by atoms with Gasteiger partial charge in [0.2, 0.25) is 5.82 Å². The lowest BCUT2D eigenvalue weighted by atomic mass is 10.0. The Balaban J connectivity index is 1.51. The van der Waals surface area contributed by atoms with E-state index in [1.807, 2.05) is 31.2 Å². The minimum atomic E-state index is -0.746. The average Bonchev–Trinajstić information content (AvgIpc) is 3.41. The van der Waals surface area contributed by atoms with E-state index >= 15 is 0 Å². The molecule has 0 fully saturated rings. The lowest BCUT2D eigenvalue weighted by Gasteiger charge is -2.14. The quantitative estimate of drug-likeness (QED) is 0.523. The normalized spacial score (nSPS) is 14.9. The smallest absolute Gasteiger partial charge is 0.303 e. The van der Waals surface area contributed by atoms with Gasteiger partial charge in [0.25, 0.3) is 5.89 Å². The van der Waals surface area contributed by atoms with Gasteiger partial charge < -0.3 is 14.9 Å². The van der Waals surface area contributed by atoms with Gasteiger partial charge in [0.1, 0.15) is 0 Å². The molecule has 1 atom stereocenters. The maximum atomic E-state index is 10.6. The highest BCUT2D eigenvalue weighted by molar-refractivity contribution is 5.67. The van der Waals surface area contributed by atoms with Gasteiger partial charge in [-0.2, -0.15) is 10.2 Å². The Labute approximate surface area is 180 Å². The topological polar surface area (TPSA) is 112 Å². The number of unbranched alkanes of at least 4 members (excludes halogenated alkanes) is 1. The number of carboxylic acids is 1. The highest BCUT2D eigenvalue weighted by Gasteiger charge is 2.26. The Kier molecular flexibility index (Phi) is 6.10. The summed E-state index contributed by atoms with van der Waals surface area (Å²) >= 11 is 0. The molecular formula is C24H24N4O3. The molecule has 0 saturated carbocycles. The summed E-state index contributed by atoms with van der Waals surface area (Å²) < 4.78 is 5.51. The van der Waals surface area contributed by atoms with Gasteiger partial charge in [0.15, 0.2) is 0 Å². The number of fused-ring (bicyclic) bond motifs is 1. The standard InChI is InChI=1S/C24H24N4O3/c1-15-8-9-16(13-17(15)14-25)24-27-23(28-31-24)20-6-4-5-19-18(20)10-11-21(19)26-12-3-2-7-22(29)30/h4-6,8-9,13,21,26H,2-3,7,10-12H2,1H3,(H,29,30). The summed E-state index contributed by atoms with van der Waals surface area (Å²) in [6, 6.07) is 14.1. The molecule has 7 nitrogen and oxygen atoms in total. The molecule has 2 aromatic carbocycles. The maximum absolute atomic E-state index is 10.6. The monoisotopic (exact) mass is 416 g/mol. The molecule has 0 saturated heterocycles. The first-order valence-electron chi connectivity index (χ1n) is 10.5. The van der Waals surface area contributed by atoms with Crippen LogP contribution in [0.2, 0.25) is 0 Å². The van der Waals surface area contributed by atoms with E-state index < -0.39 is 5.97 Å². The van der Waals surface area contributed by atoms with Crippen molar-refractivity contribution in [2.24, 2.45) is 0 Å². The van der Waals surface area contributed by atoms with Crippen molar-refractivity contribution >= 4 is 5.97 Å². The first kappa shape index (κ1) is 20.8. The third kappa shape index (κ3) is 4.49. The number of aliphatic carboxylic acids is 1. The van der Waals surface area contributed by atoms with Crippen LogP contribution in [0.3, 0.4) is 0 Å². The largest absolute Gasteiger partial charge is 0.481 e. The van der Waals surface area contributed by atoms with Crippen molar-refractivity contribution in [3.8, 4) is 28.9 Å². The van der Waals surface area contributed by atoms with E-state index in [1.54, 1.807) is 6.07 Å². The molecule has 4 rings (SSSR count). The fraction of sp³-hybridized carbons (Fsp3) is 0.333. The van der Waals surface area contributed by atoms with Crippen LogP contribution >= 0.6 is 0 Å². The van der Waals surface area contributed by atoms with Gasteiger partial charge in [-0.05, 0) is 68.0 Å². The molecule has 2 N–H and O–H groups in total. The summed E-state index contributed by atoms with van der Waals surface area (Å²) in [7, 11) is 0. The second-order valence-corrected chi connectivity index (χ2v) is 7.83. The molecule has 0 aliphatic heterocycles. The second-order valence-electron chi connectivity index (χ2n) is 7.83. The minimum absolute atomic E-state index is 0.212. The third-order valence-corrected chi connectivity index (χ3v) is 5.75. The number of hydrogen-bond donors (Lipinski definition) is 2. The molecule has 0 bridgehead atoms. The van der Waals surface area contributed by atoms with Crippen molar-refractivity contribution in [3.63, 3.8) is 0 Å². The predicted molar refractivity (Wildman–Crippen MR) is 115 cm³/mol. The fourth-order valence-corrected chi connectivity index (χ4v) is 4.08. The molecule has 1 aliphatic carbocycles. The SMILES string of the molecule is Cc1ccc(-c2nc(-c3cccc4c3CCC4NCCCCC(=O)O)no2)cc1C#N. The zero-order valence-electron chi connectivity index (χ0n) is 17.4. The van der Waals surface area contributed by atoms with Gasteiger partial charge in [0, 0.05) is 23.6 Å². The lowest BCUT2D eigenvalue weighted by molar-refractivity contribution is -0.137. The van der Waals surface area contributed by atoms with Gasteiger partial charge in [-0.25, -0.2) is 0 Å². The van der Waals surface area contributed by atoms with E-state index in [9.17, 15) is 10.1 Å². The third-order valence-electron chi connectivity index (χ3n) is 5.75. The number of benzene rings is 2. The minimum Gasteiger partial charge on any atom is -0.481 e. The van der Waals surface area contributed by atoms with Crippen LogP contribution in [0.4, 0.5) is 0 Å². The molecular weight excluding hydrogens is 392 g/mol. The summed E-state index contributed by atoms with van der Waals surface area (Å²) in [6.45, 7) is 2.69. The van der Waals surface area contributed by atoms with Gasteiger partial charge in [-0.15, -0.1) is 0 Å². The molecule has 1 aliphatic rings. The second kappa shape index (κ2) is 9.11. The maximum Gasteiger partial charge on any atom is 0.303 e. The number of hydrogen-bond acceptors (Lipinski definition) is 6. The Morgan fingerprint density at radius 3 is 3.00 bits per heavy atom. The summed E-state index contributed by atoms with van der Waals surface area (Å²) in [5, 5.41) is 25.8. The molecule has 1 unspecified atom stereocenters. The van der Waals surface area contributed by atoms with Gasteiger partial charge in [0.05, 0.1) is 11.6 Å². The van der Waals surface area contributed by atoms with Crippen LogP contribution in [-0.4, -0.2) is 27.8 Å². The molecule has 0 amide bonds. The van der Waals surface area contributed by atoms with E-state index in [1.165, 1.54) is 11.1 Å². The molecule has 3 aromatic rings. The number of nitriles is 1. The van der Waals surface area contributed by atoms with Gasteiger partial charge in [-0.1, -0.05) is 29.4 Å². The van der Waals surface area contributed by atoms with Crippen molar-refractivity contribution in [2.75, 3.05) is 6.54 Å². The molecule has 1 aromatic heterocycles. The Morgan fingerprint density at radius 1 is 1.32 bits per heavy atom. The zero-order chi connectivity index (χ0) is 21.8. The van der Waals surface area contributed by atoms with Crippen LogP contribution in [0.5, 0.6) is 0 Å². The van der Waals surface area contributed by atoms with Crippen molar-refractivity contribution in [1.29, 1.82) is 5.26 Å². The van der Waals surface area contributed by atoms with Crippen LogP contribution < -0.4 is 5.32 Å². The van der Waals surface area contributed by atoms with E-state index in [0.717, 1.165) is 42.5 Å². The van der Waals surface area contributed by atoms with Crippen LogP contribution in [0.25, 0.3) is 22.8 Å². The number of aryl methyl sites for hydroxylation is 1.